The van der Waals surface area contributed by atoms with E-state index in [-0.39, 0.29) is 27.9 Å². The summed E-state index contributed by atoms with van der Waals surface area (Å²) in [6.45, 7) is 1.61. The summed E-state index contributed by atoms with van der Waals surface area (Å²) in [4.78, 5) is 30.9. The monoisotopic (exact) mass is 420 g/mol. The van der Waals surface area contributed by atoms with Crippen molar-refractivity contribution in [3.05, 3.63) is 52.7 Å². The number of carbonyl (C=O) groups excluding carboxylic acids is 1. The number of nitrogens with one attached hydrogen (secondary N) is 1. The van der Waals surface area contributed by atoms with E-state index in [1.807, 2.05) is 0 Å². The highest BCUT2D eigenvalue weighted by Gasteiger charge is 2.23. The van der Waals surface area contributed by atoms with Gasteiger partial charge in [-0.25, -0.2) is 23.6 Å². The molecule has 2 N–H and O–H groups in total. The average Bonchev–Trinajstić information content (AvgIpc) is 3.02. The van der Waals surface area contributed by atoms with E-state index in [0.717, 1.165) is 12.3 Å². The van der Waals surface area contributed by atoms with Crippen molar-refractivity contribution in [3.8, 4) is 11.4 Å². The molecule has 150 valence electrons. The normalized spacial score (nSPS) is 11.7. The maximum Gasteiger partial charge on any atom is 0.413 e. The number of aryl methyl sites for hydroxylation is 1. The van der Waals surface area contributed by atoms with Gasteiger partial charge in [0.15, 0.2) is 17.3 Å². The minimum atomic E-state index is -1.33. The summed E-state index contributed by atoms with van der Waals surface area (Å²) < 4.78 is 20.8. The SMILES string of the molecule is CC(OC(=O)Nc1c(-c2ncc(C(=O)O)cc2F)nnn1C)c1cccnc1Cl. The molecule has 1 unspecified atom stereocenters. The van der Waals surface area contributed by atoms with Crippen molar-refractivity contribution < 1.29 is 23.8 Å². The molecule has 0 aliphatic heterocycles. The maximum absolute atomic E-state index is 14.3. The van der Waals surface area contributed by atoms with Crippen LogP contribution in [0.1, 0.15) is 28.9 Å². The summed E-state index contributed by atoms with van der Waals surface area (Å²) in [6.07, 6.45) is 0.894. The van der Waals surface area contributed by atoms with Crippen LogP contribution in [0.4, 0.5) is 15.0 Å². The van der Waals surface area contributed by atoms with Crippen LogP contribution < -0.4 is 5.32 Å². The lowest BCUT2D eigenvalue weighted by Crippen LogP contribution is -2.18. The number of ether oxygens (including phenoxy) is 1. The quantitative estimate of drug-likeness (QED) is 0.602. The summed E-state index contributed by atoms with van der Waals surface area (Å²) in [5.74, 6) is -2.25. The Kier molecular flexibility index (Phi) is 5.69. The summed E-state index contributed by atoms with van der Waals surface area (Å²) in [7, 11) is 1.47. The molecule has 1 atom stereocenters. The minimum absolute atomic E-state index is 0.00830. The second-order valence-electron chi connectivity index (χ2n) is 5.83. The minimum Gasteiger partial charge on any atom is -0.478 e. The predicted octanol–water partition coefficient (Wildman–Crippen LogP) is 3.07. The van der Waals surface area contributed by atoms with Gasteiger partial charge in [-0.15, -0.1) is 5.10 Å². The van der Waals surface area contributed by atoms with Crippen molar-refractivity contribution in [3.63, 3.8) is 0 Å². The topological polar surface area (TPSA) is 132 Å². The number of aromatic nitrogens is 5. The highest BCUT2D eigenvalue weighted by molar-refractivity contribution is 6.30. The second-order valence-corrected chi connectivity index (χ2v) is 6.18. The van der Waals surface area contributed by atoms with E-state index in [0.29, 0.717) is 5.56 Å². The molecule has 0 bridgehead atoms. The van der Waals surface area contributed by atoms with Crippen LogP contribution in [-0.4, -0.2) is 42.1 Å². The average molecular weight is 421 g/mol. The van der Waals surface area contributed by atoms with Gasteiger partial charge in [-0.05, 0) is 19.1 Å². The van der Waals surface area contributed by atoms with Crippen molar-refractivity contribution in [2.24, 2.45) is 7.05 Å². The number of hydrogen-bond donors (Lipinski definition) is 2. The Morgan fingerprint density at radius 1 is 1.34 bits per heavy atom. The van der Waals surface area contributed by atoms with Gasteiger partial charge in [0.2, 0.25) is 0 Å². The Hall–Kier alpha value is -3.60. The van der Waals surface area contributed by atoms with Crippen LogP contribution in [0.15, 0.2) is 30.6 Å². The van der Waals surface area contributed by atoms with Crippen LogP contribution in [0, 0.1) is 5.82 Å². The smallest absolute Gasteiger partial charge is 0.413 e. The van der Waals surface area contributed by atoms with Gasteiger partial charge < -0.3 is 9.84 Å². The van der Waals surface area contributed by atoms with Gasteiger partial charge in [0.25, 0.3) is 0 Å². The molecule has 3 rings (SSSR count). The van der Waals surface area contributed by atoms with E-state index in [1.165, 1.54) is 17.9 Å². The molecule has 0 aliphatic rings. The molecule has 3 aromatic heterocycles. The van der Waals surface area contributed by atoms with Gasteiger partial charge in [0.05, 0.1) is 5.56 Å². The first-order valence-corrected chi connectivity index (χ1v) is 8.52. The maximum atomic E-state index is 14.3. The Morgan fingerprint density at radius 3 is 2.76 bits per heavy atom. The molecular weight excluding hydrogens is 407 g/mol. The molecule has 0 saturated carbocycles. The number of carbonyl (C=O) groups is 2. The number of pyridine rings is 2. The number of amides is 1. The molecule has 0 aliphatic carbocycles. The Bertz CT molecular complexity index is 1090. The van der Waals surface area contributed by atoms with E-state index < -0.39 is 24.0 Å². The first-order valence-electron chi connectivity index (χ1n) is 8.15. The Morgan fingerprint density at radius 2 is 2.10 bits per heavy atom. The summed E-state index contributed by atoms with van der Waals surface area (Å²) >= 11 is 5.99. The first-order chi connectivity index (χ1) is 13.8. The molecule has 12 heteroatoms. The lowest BCUT2D eigenvalue weighted by atomic mass is 10.2. The highest BCUT2D eigenvalue weighted by Crippen LogP contribution is 2.27. The fraction of sp³-hybridized carbons (Fsp3) is 0.176. The van der Waals surface area contributed by atoms with Crippen LogP contribution in [0.5, 0.6) is 0 Å². The largest absolute Gasteiger partial charge is 0.478 e. The van der Waals surface area contributed by atoms with E-state index in [1.54, 1.807) is 19.1 Å². The van der Waals surface area contributed by atoms with E-state index in [2.05, 4.69) is 25.6 Å². The van der Waals surface area contributed by atoms with Crippen LogP contribution in [0.25, 0.3) is 11.4 Å². The molecule has 29 heavy (non-hydrogen) atoms. The van der Waals surface area contributed by atoms with Gasteiger partial charge in [0.1, 0.15) is 17.0 Å². The Labute approximate surface area is 168 Å². The lowest BCUT2D eigenvalue weighted by Gasteiger charge is -2.15. The van der Waals surface area contributed by atoms with E-state index >= 15 is 0 Å². The molecule has 0 saturated heterocycles. The number of carboxylic acids is 1. The number of nitrogens with zero attached hydrogens (tertiary/aromatic N) is 5. The highest BCUT2D eigenvalue weighted by atomic mass is 35.5. The van der Waals surface area contributed by atoms with Crippen molar-refractivity contribution >= 4 is 29.5 Å². The van der Waals surface area contributed by atoms with Crippen LogP contribution >= 0.6 is 11.6 Å². The summed E-state index contributed by atoms with van der Waals surface area (Å²) in [5.41, 5.74) is -0.191. The third kappa shape index (κ3) is 4.29. The lowest BCUT2D eigenvalue weighted by molar-refractivity contribution is 0.0695. The molecule has 0 fully saturated rings. The Balaban J connectivity index is 1.82. The third-order valence-corrected chi connectivity index (χ3v) is 4.19. The second kappa shape index (κ2) is 8.19. The molecular formula is C17H14ClFN6O4. The molecule has 0 spiro atoms. The van der Waals surface area contributed by atoms with Crippen molar-refractivity contribution in [2.45, 2.75) is 13.0 Å². The van der Waals surface area contributed by atoms with Crippen molar-refractivity contribution in [1.29, 1.82) is 0 Å². The van der Waals surface area contributed by atoms with Crippen molar-refractivity contribution in [1.82, 2.24) is 25.0 Å². The van der Waals surface area contributed by atoms with Gasteiger partial charge in [-0.3, -0.25) is 10.3 Å². The molecule has 10 nitrogen and oxygen atoms in total. The van der Waals surface area contributed by atoms with E-state index in [9.17, 15) is 14.0 Å². The van der Waals surface area contributed by atoms with Gasteiger partial charge in [0, 0.05) is 25.0 Å². The zero-order chi connectivity index (χ0) is 21.1. The zero-order valence-corrected chi connectivity index (χ0v) is 15.9. The number of rotatable bonds is 5. The van der Waals surface area contributed by atoms with Gasteiger partial charge >= 0.3 is 12.1 Å². The number of hydrogen-bond acceptors (Lipinski definition) is 7. The molecule has 0 radical (unpaired) electrons. The number of anilines is 1. The fourth-order valence-corrected chi connectivity index (χ4v) is 2.71. The third-order valence-electron chi connectivity index (χ3n) is 3.87. The first kappa shape index (κ1) is 20.1. The predicted molar refractivity (Wildman–Crippen MR) is 98.9 cm³/mol. The molecule has 0 aromatic carbocycles. The molecule has 1 amide bonds. The number of aromatic carboxylic acids is 1. The van der Waals surface area contributed by atoms with Gasteiger partial charge in [-0.1, -0.05) is 22.9 Å². The van der Waals surface area contributed by atoms with E-state index in [4.69, 9.17) is 21.4 Å². The van der Waals surface area contributed by atoms with Gasteiger partial charge in [-0.2, -0.15) is 0 Å². The van der Waals surface area contributed by atoms with Crippen molar-refractivity contribution in [2.75, 3.05) is 5.32 Å². The summed E-state index contributed by atoms with van der Waals surface area (Å²) in [5, 5.41) is 19.1. The fourth-order valence-electron chi connectivity index (χ4n) is 2.44. The molecule has 3 aromatic rings. The zero-order valence-electron chi connectivity index (χ0n) is 15.1. The number of halogens is 2. The van der Waals surface area contributed by atoms with Crippen LogP contribution in [0.2, 0.25) is 5.15 Å². The summed E-state index contributed by atoms with van der Waals surface area (Å²) in [6, 6.07) is 4.11. The molecule has 3 heterocycles. The van der Waals surface area contributed by atoms with Crippen LogP contribution in [0.3, 0.4) is 0 Å². The van der Waals surface area contributed by atoms with Crippen LogP contribution in [-0.2, 0) is 11.8 Å². The standard InChI is InChI=1S/C17H14ClFN6O4/c1-8(10-4-3-5-20-14(10)18)29-17(28)22-15-13(23-24-25(15)2)12-11(19)6-9(7-21-12)16(26)27/h3-8H,1-2H3,(H,22,28)(H,26,27). The number of carboxylic acid groups (broad SMARTS) is 1.